The minimum absolute atomic E-state index is 0.128. The summed E-state index contributed by atoms with van der Waals surface area (Å²) in [5.74, 6) is 0. The van der Waals surface area contributed by atoms with Gasteiger partial charge in [-0.3, -0.25) is 10.1 Å². The number of nitro benzene ring substituents is 1. The van der Waals surface area contributed by atoms with Crippen molar-refractivity contribution in [2.45, 2.75) is 20.0 Å². The number of hydrogen-bond donors (Lipinski definition) is 1. The van der Waals surface area contributed by atoms with Crippen molar-refractivity contribution in [3.8, 4) is 10.4 Å². The van der Waals surface area contributed by atoms with Crippen LogP contribution in [0, 0.1) is 17.0 Å². The van der Waals surface area contributed by atoms with Crippen molar-refractivity contribution in [3.63, 3.8) is 0 Å². The molecule has 0 unspecified atom stereocenters. The summed E-state index contributed by atoms with van der Waals surface area (Å²) in [7, 11) is 0. The van der Waals surface area contributed by atoms with Gasteiger partial charge in [0.15, 0.2) is 0 Å². The Kier molecular flexibility index (Phi) is 4.85. The molecular weight excluding hydrogens is 328 g/mol. The van der Waals surface area contributed by atoms with Crippen LogP contribution >= 0.6 is 22.7 Å². The quantitative estimate of drug-likeness (QED) is 0.506. The Morgan fingerprint density at radius 3 is 2.78 bits per heavy atom. The summed E-state index contributed by atoms with van der Waals surface area (Å²) < 4.78 is 0. The Bertz CT molecular complexity index is 823. The second-order valence-corrected chi connectivity index (χ2v) is 7.37. The first-order valence-electron chi connectivity index (χ1n) is 7.21. The van der Waals surface area contributed by atoms with Crippen molar-refractivity contribution in [3.05, 3.63) is 73.3 Å². The lowest BCUT2D eigenvalue weighted by molar-refractivity contribution is -0.384. The Morgan fingerprint density at radius 2 is 2.04 bits per heavy atom. The van der Waals surface area contributed by atoms with Crippen molar-refractivity contribution >= 4 is 28.4 Å². The lowest BCUT2D eigenvalue weighted by Crippen LogP contribution is -2.11. The largest absolute Gasteiger partial charge is 0.307 e. The second-order valence-electron chi connectivity index (χ2n) is 5.20. The van der Waals surface area contributed by atoms with Crippen LogP contribution in [-0.2, 0) is 13.1 Å². The number of aryl methyl sites for hydroxylation is 1. The fourth-order valence-corrected chi connectivity index (χ4v) is 4.13. The molecule has 0 aliphatic rings. The Balaban J connectivity index is 1.65. The molecule has 0 amide bonds. The lowest BCUT2D eigenvalue weighted by Gasteiger charge is -2.02. The van der Waals surface area contributed by atoms with Crippen LogP contribution < -0.4 is 5.32 Å². The number of nitrogens with zero attached hydrogens (tertiary/aromatic N) is 1. The van der Waals surface area contributed by atoms with Crippen LogP contribution in [0.2, 0.25) is 0 Å². The van der Waals surface area contributed by atoms with Gasteiger partial charge in [0.2, 0.25) is 0 Å². The normalized spacial score (nSPS) is 10.8. The van der Waals surface area contributed by atoms with Crippen molar-refractivity contribution in [1.29, 1.82) is 0 Å². The zero-order chi connectivity index (χ0) is 16.2. The third-order valence-electron chi connectivity index (χ3n) is 3.56. The molecular formula is C17H16N2O2S2. The summed E-state index contributed by atoms with van der Waals surface area (Å²) in [5, 5.41) is 16.4. The molecule has 0 spiro atoms. The van der Waals surface area contributed by atoms with E-state index in [1.165, 1.54) is 21.4 Å². The van der Waals surface area contributed by atoms with Gasteiger partial charge in [0, 0.05) is 39.9 Å². The van der Waals surface area contributed by atoms with E-state index in [9.17, 15) is 10.1 Å². The molecule has 23 heavy (non-hydrogen) atoms. The molecule has 0 atom stereocenters. The highest BCUT2D eigenvalue weighted by atomic mass is 32.1. The van der Waals surface area contributed by atoms with Gasteiger partial charge in [0.05, 0.1) is 4.92 Å². The van der Waals surface area contributed by atoms with E-state index in [4.69, 9.17) is 0 Å². The van der Waals surface area contributed by atoms with Crippen LogP contribution in [0.5, 0.6) is 0 Å². The maximum Gasteiger partial charge on any atom is 0.270 e. The number of nitro groups is 1. The minimum Gasteiger partial charge on any atom is -0.307 e. The molecule has 6 heteroatoms. The average Bonchev–Trinajstić information content (AvgIpc) is 3.17. The van der Waals surface area contributed by atoms with E-state index >= 15 is 0 Å². The maximum absolute atomic E-state index is 10.9. The van der Waals surface area contributed by atoms with E-state index in [-0.39, 0.29) is 10.6 Å². The summed E-state index contributed by atoms with van der Waals surface area (Å²) in [4.78, 5) is 14.2. The molecule has 0 aliphatic carbocycles. The summed E-state index contributed by atoms with van der Waals surface area (Å²) in [6, 6.07) is 13.0. The number of non-ortho nitro benzene ring substituents is 1. The van der Waals surface area contributed by atoms with Gasteiger partial charge in [0.25, 0.3) is 5.69 Å². The SMILES string of the molecule is Cc1ccsc1CNCc1ccc(-c2cccc([N+](=O)[O-])c2)s1. The highest BCUT2D eigenvalue weighted by Gasteiger charge is 2.09. The standard InChI is InChI=1S/C17H16N2O2S2/c1-12-7-8-22-17(12)11-18-10-15-5-6-16(23-15)13-3-2-4-14(9-13)19(20)21/h2-9,18H,10-11H2,1H3. The van der Waals surface area contributed by atoms with E-state index < -0.39 is 0 Å². The van der Waals surface area contributed by atoms with Crippen LogP contribution in [0.3, 0.4) is 0 Å². The number of rotatable bonds is 6. The van der Waals surface area contributed by atoms with Gasteiger partial charge in [-0.1, -0.05) is 12.1 Å². The van der Waals surface area contributed by atoms with Crippen LogP contribution in [0.1, 0.15) is 15.3 Å². The van der Waals surface area contributed by atoms with Crippen LogP contribution in [0.25, 0.3) is 10.4 Å². The molecule has 118 valence electrons. The van der Waals surface area contributed by atoms with Gasteiger partial charge in [-0.05, 0) is 41.6 Å². The fraction of sp³-hybridized carbons (Fsp3) is 0.176. The number of hydrogen-bond acceptors (Lipinski definition) is 5. The Morgan fingerprint density at radius 1 is 1.17 bits per heavy atom. The highest BCUT2D eigenvalue weighted by molar-refractivity contribution is 7.15. The first kappa shape index (κ1) is 15.9. The van der Waals surface area contributed by atoms with Crippen LogP contribution in [0.4, 0.5) is 5.69 Å². The van der Waals surface area contributed by atoms with Gasteiger partial charge in [-0.15, -0.1) is 22.7 Å². The summed E-state index contributed by atoms with van der Waals surface area (Å²) in [6.07, 6.45) is 0. The topological polar surface area (TPSA) is 55.2 Å². The third kappa shape index (κ3) is 3.85. The molecule has 0 bridgehead atoms. The van der Waals surface area contributed by atoms with E-state index in [2.05, 4.69) is 29.8 Å². The molecule has 2 aromatic heterocycles. The molecule has 3 aromatic rings. The van der Waals surface area contributed by atoms with E-state index in [0.717, 1.165) is 23.5 Å². The second kappa shape index (κ2) is 7.04. The molecule has 0 saturated heterocycles. The fourth-order valence-electron chi connectivity index (χ4n) is 2.29. The monoisotopic (exact) mass is 344 g/mol. The maximum atomic E-state index is 10.9. The van der Waals surface area contributed by atoms with Crippen molar-refractivity contribution < 1.29 is 4.92 Å². The van der Waals surface area contributed by atoms with Gasteiger partial charge >= 0.3 is 0 Å². The third-order valence-corrected chi connectivity index (χ3v) is 5.71. The summed E-state index contributed by atoms with van der Waals surface area (Å²) >= 11 is 3.43. The predicted octanol–water partition coefficient (Wildman–Crippen LogP) is 4.98. The molecule has 0 fully saturated rings. The molecule has 0 aliphatic heterocycles. The molecule has 2 heterocycles. The lowest BCUT2D eigenvalue weighted by atomic mass is 10.2. The molecule has 0 saturated carbocycles. The van der Waals surface area contributed by atoms with Gasteiger partial charge < -0.3 is 5.32 Å². The van der Waals surface area contributed by atoms with Crippen molar-refractivity contribution in [1.82, 2.24) is 5.32 Å². The van der Waals surface area contributed by atoms with E-state index in [1.807, 2.05) is 12.1 Å². The average molecular weight is 344 g/mol. The number of benzene rings is 1. The van der Waals surface area contributed by atoms with Gasteiger partial charge in [-0.25, -0.2) is 0 Å². The summed E-state index contributed by atoms with van der Waals surface area (Å²) in [6.45, 7) is 3.80. The molecule has 1 aromatic carbocycles. The van der Waals surface area contributed by atoms with Crippen molar-refractivity contribution in [2.24, 2.45) is 0 Å². The number of nitrogens with one attached hydrogen (secondary N) is 1. The van der Waals surface area contributed by atoms with Gasteiger partial charge in [-0.2, -0.15) is 0 Å². The van der Waals surface area contributed by atoms with Crippen molar-refractivity contribution in [2.75, 3.05) is 0 Å². The van der Waals surface area contributed by atoms with E-state index in [0.29, 0.717) is 0 Å². The smallest absolute Gasteiger partial charge is 0.270 e. The molecule has 0 radical (unpaired) electrons. The molecule has 4 nitrogen and oxygen atoms in total. The first-order valence-corrected chi connectivity index (χ1v) is 8.90. The number of thiophene rings is 2. The van der Waals surface area contributed by atoms with Crippen LogP contribution in [-0.4, -0.2) is 4.92 Å². The minimum atomic E-state index is -0.358. The molecule has 1 N–H and O–H groups in total. The molecule has 3 rings (SSSR count). The highest BCUT2D eigenvalue weighted by Crippen LogP contribution is 2.30. The Hall–Kier alpha value is -2.02. The predicted molar refractivity (Wildman–Crippen MR) is 96.0 cm³/mol. The first-order chi connectivity index (χ1) is 11.1. The Labute approximate surface area is 142 Å². The van der Waals surface area contributed by atoms with Gasteiger partial charge in [0.1, 0.15) is 0 Å². The van der Waals surface area contributed by atoms with Crippen LogP contribution in [0.15, 0.2) is 47.8 Å². The zero-order valence-electron chi connectivity index (χ0n) is 12.6. The van der Waals surface area contributed by atoms with E-state index in [1.54, 1.807) is 34.8 Å². The zero-order valence-corrected chi connectivity index (χ0v) is 14.2. The summed E-state index contributed by atoms with van der Waals surface area (Å²) in [5.41, 5.74) is 2.35.